The summed E-state index contributed by atoms with van der Waals surface area (Å²) in [6.45, 7) is 6.16. The van der Waals surface area contributed by atoms with Crippen LogP contribution in [-0.4, -0.2) is 5.97 Å². The highest BCUT2D eigenvalue weighted by atomic mass is 16.5. The molecule has 1 aromatic carbocycles. The van der Waals surface area contributed by atoms with Gasteiger partial charge in [0.1, 0.15) is 6.07 Å². The molecule has 4 heteroatoms. The number of nitrogens with zero attached hydrogens (tertiary/aromatic N) is 1. The lowest BCUT2D eigenvalue weighted by atomic mass is 9.91. The number of anilines is 1. The van der Waals surface area contributed by atoms with Crippen LogP contribution in [0.15, 0.2) is 18.2 Å². The van der Waals surface area contributed by atoms with Crippen molar-refractivity contribution in [1.29, 1.82) is 5.26 Å². The van der Waals surface area contributed by atoms with E-state index in [0.717, 1.165) is 6.42 Å². The zero-order chi connectivity index (χ0) is 13.8. The molecule has 0 unspecified atom stereocenters. The molecule has 2 N–H and O–H groups in total. The van der Waals surface area contributed by atoms with E-state index in [1.54, 1.807) is 18.2 Å². The van der Waals surface area contributed by atoms with Crippen LogP contribution in [0.4, 0.5) is 5.69 Å². The Morgan fingerprint density at radius 3 is 2.67 bits per heavy atom. The zero-order valence-corrected chi connectivity index (χ0v) is 11.0. The van der Waals surface area contributed by atoms with Crippen molar-refractivity contribution in [2.75, 3.05) is 5.73 Å². The van der Waals surface area contributed by atoms with E-state index >= 15 is 0 Å². The highest BCUT2D eigenvalue weighted by Crippen LogP contribution is 2.27. The predicted octanol–water partition coefficient (Wildman–Crippen LogP) is 2.87. The molecule has 0 fully saturated rings. The maximum absolute atomic E-state index is 11.7. The van der Waals surface area contributed by atoms with Crippen molar-refractivity contribution in [2.45, 2.75) is 33.6 Å². The number of nitrogen functional groups attached to an aromatic ring is 1. The quantitative estimate of drug-likeness (QED) is 0.505. The largest absolute Gasteiger partial charge is 0.423 e. The molecule has 0 aliphatic heterocycles. The van der Waals surface area contributed by atoms with Crippen LogP contribution in [0, 0.1) is 16.7 Å². The molecule has 0 spiro atoms. The smallest absolute Gasteiger partial charge is 0.311 e. The minimum absolute atomic E-state index is 0.0688. The molecular formula is C14H18N2O2. The van der Waals surface area contributed by atoms with Crippen molar-refractivity contribution in [2.24, 2.45) is 5.41 Å². The fourth-order valence-electron chi connectivity index (χ4n) is 1.40. The van der Waals surface area contributed by atoms with Crippen LogP contribution in [0.25, 0.3) is 0 Å². The Bertz CT molecular complexity index is 482. The Balaban J connectivity index is 2.74. The number of hydrogen-bond donors (Lipinski definition) is 1. The molecule has 96 valence electrons. The SMILES string of the molecule is CC(C)(C)CCC(=O)Oc1c(N)cccc1C#N. The van der Waals surface area contributed by atoms with Crippen molar-refractivity contribution < 1.29 is 9.53 Å². The molecule has 0 aliphatic carbocycles. The Morgan fingerprint density at radius 1 is 1.44 bits per heavy atom. The predicted molar refractivity (Wildman–Crippen MR) is 69.9 cm³/mol. The Hall–Kier alpha value is -2.02. The summed E-state index contributed by atoms with van der Waals surface area (Å²) < 4.78 is 5.18. The van der Waals surface area contributed by atoms with Gasteiger partial charge in [-0.15, -0.1) is 0 Å². The Morgan fingerprint density at radius 2 is 2.11 bits per heavy atom. The molecule has 1 aromatic rings. The Kier molecular flexibility index (Phi) is 4.33. The molecule has 0 saturated carbocycles. The van der Waals surface area contributed by atoms with Crippen molar-refractivity contribution in [3.8, 4) is 11.8 Å². The summed E-state index contributed by atoms with van der Waals surface area (Å²) in [5.41, 5.74) is 6.35. The van der Waals surface area contributed by atoms with Gasteiger partial charge in [0, 0.05) is 6.42 Å². The van der Waals surface area contributed by atoms with Gasteiger partial charge in [-0.1, -0.05) is 26.8 Å². The topological polar surface area (TPSA) is 76.1 Å². The van der Waals surface area contributed by atoms with Gasteiger partial charge in [-0.2, -0.15) is 5.26 Å². The molecule has 0 saturated heterocycles. The summed E-state index contributed by atoms with van der Waals surface area (Å²) in [5, 5.41) is 8.92. The van der Waals surface area contributed by atoms with Gasteiger partial charge >= 0.3 is 5.97 Å². The highest BCUT2D eigenvalue weighted by molar-refractivity contribution is 5.76. The van der Waals surface area contributed by atoms with Gasteiger partial charge in [0.15, 0.2) is 5.75 Å². The van der Waals surface area contributed by atoms with Gasteiger partial charge in [0.25, 0.3) is 0 Å². The van der Waals surface area contributed by atoms with E-state index in [-0.39, 0.29) is 22.7 Å². The van der Waals surface area contributed by atoms with E-state index in [2.05, 4.69) is 20.8 Å². The molecule has 18 heavy (non-hydrogen) atoms. The number of benzene rings is 1. The lowest BCUT2D eigenvalue weighted by Crippen LogP contribution is -2.14. The second-order valence-electron chi connectivity index (χ2n) is 5.37. The average molecular weight is 246 g/mol. The lowest BCUT2D eigenvalue weighted by Gasteiger charge is -2.17. The van der Waals surface area contributed by atoms with E-state index in [1.807, 2.05) is 6.07 Å². The normalized spacial score (nSPS) is 10.8. The van der Waals surface area contributed by atoms with Crippen LogP contribution in [0.5, 0.6) is 5.75 Å². The number of ether oxygens (including phenoxy) is 1. The maximum Gasteiger partial charge on any atom is 0.311 e. The fourth-order valence-corrected chi connectivity index (χ4v) is 1.40. The number of hydrogen-bond acceptors (Lipinski definition) is 4. The minimum atomic E-state index is -0.362. The van der Waals surface area contributed by atoms with Crippen LogP contribution >= 0.6 is 0 Å². The average Bonchev–Trinajstić information content (AvgIpc) is 2.28. The molecule has 4 nitrogen and oxygen atoms in total. The summed E-state index contributed by atoms with van der Waals surface area (Å²) in [5.74, 6) is -0.196. The molecule has 0 aliphatic rings. The first kappa shape index (κ1) is 14.0. The summed E-state index contributed by atoms with van der Waals surface area (Å²) in [7, 11) is 0. The van der Waals surface area contributed by atoms with Crippen molar-refractivity contribution in [3.05, 3.63) is 23.8 Å². The first-order valence-electron chi connectivity index (χ1n) is 5.83. The highest BCUT2D eigenvalue weighted by Gasteiger charge is 2.16. The number of para-hydroxylation sites is 1. The molecule has 0 aromatic heterocycles. The van der Waals surface area contributed by atoms with Crippen molar-refractivity contribution >= 4 is 11.7 Å². The lowest BCUT2D eigenvalue weighted by molar-refractivity contribution is -0.134. The van der Waals surface area contributed by atoms with Crippen molar-refractivity contribution in [1.82, 2.24) is 0 Å². The van der Waals surface area contributed by atoms with Crippen molar-refractivity contribution in [3.63, 3.8) is 0 Å². The standard InChI is InChI=1S/C14H18N2O2/c1-14(2,3)8-7-12(17)18-13-10(9-15)5-4-6-11(13)16/h4-6H,7-8,16H2,1-3H3. The van der Waals surface area contributed by atoms with Gasteiger partial charge < -0.3 is 10.5 Å². The second-order valence-corrected chi connectivity index (χ2v) is 5.37. The number of carbonyl (C=O) groups is 1. The number of nitriles is 1. The summed E-state index contributed by atoms with van der Waals surface area (Å²) in [6, 6.07) is 6.79. The van der Waals surface area contributed by atoms with Crippen LogP contribution in [0.3, 0.4) is 0 Å². The molecule has 1 rings (SSSR count). The molecule has 0 heterocycles. The summed E-state index contributed by atoms with van der Waals surface area (Å²) in [4.78, 5) is 11.7. The molecule has 0 atom stereocenters. The van der Waals surface area contributed by atoms with E-state index < -0.39 is 0 Å². The van der Waals surface area contributed by atoms with E-state index in [9.17, 15) is 4.79 Å². The van der Waals surface area contributed by atoms with Gasteiger partial charge in [-0.25, -0.2) is 0 Å². The van der Waals surface area contributed by atoms with Crippen LogP contribution in [-0.2, 0) is 4.79 Å². The van der Waals surface area contributed by atoms with E-state index in [4.69, 9.17) is 15.7 Å². The monoisotopic (exact) mass is 246 g/mol. The number of carbonyl (C=O) groups excluding carboxylic acids is 1. The molecule has 0 radical (unpaired) electrons. The molecule has 0 bridgehead atoms. The van der Waals surface area contributed by atoms with E-state index in [0.29, 0.717) is 12.1 Å². The van der Waals surface area contributed by atoms with Gasteiger partial charge in [0.05, 0.1) is 11.3 Å². The Labute approximate surface area is 107 Å². The maximum atomic E-state index is 11.7. The fraction of sp³-hybridized carbons (Fsp3) is 0.429. The summed E-state index contributed by atoms with van der Waals surface area (Å²) in [6.07, 6.45) is 1.03. The third-order valence-corrected chi connectivity index (χ3v) is 2.46. The second kappa shape index (κ2) is 5.54. The first-order valence-corrected chi connectivity index (χ1v) is 5.83. The zero-order valence-electron chi connectivity index (χ0n) is 11.0. The third kappa shape index (κ3) is 4.10. The number of rotatable bonds is 3. The number of nitrogens with two attached hydrogens (primary N) is 1. The molecule has 0 amide bonds. The third-order valence-electron chi connectivity index (χ3n) is 2.46. The van der Waals surface area contributed by atoms with Gasteiger partial charge in [-0.05, 0) is 24.0 Å². The van der Waals surface area contributed by atoms with Crippen LogP contribution in [0.2, 0.25) is 0 Å². The number of esters is 1. The summed E-state index contributed by atoms with van der Waals surface area (Å²) >= 11 is 0. The minimum Gasteiger partial charge on any atom is -0.423 e. The first-order chi connectivity index (χ1) is 8.33. The van der Waals surface area contributed by atoms with Crippen LogP contribution in [0.1, 0.15) is 39.2 Å². The molecular weight excluding hydrogens is 228 g/mol. The van der Waals surface area contributed by atoms with Crippen LogP contribution < -0.4 is 10.5 Å². The van der Waals surface area contributed by atoms with E-state index in [1.165, 1.54) is 0 Å². The van der Waals surface area contributed by atoms with Gasteiger partial charge in [0.2, 0.25) is 0 Å². The van der Waals surface area contributed by atoms with Gasteiger partial charge in [-0.3, -0.25) is 4.79 Å².